The van der Waals surface area contributed by atoms with E-state index in [-0.39, 0.29) is 18.0 Å². The number of carbonyl (C=O) groups is 1. The molecule has 4 heteroatoms. The Labute approximate surface area is 102 Å². The largest absolute Gasteiger partial charge is 0.346 e. The molecule has 2 unspecified atom stereocenters. The van der Waals surface area contributed by atoms with Gasteiger partial charge in [0.15, 0.2) is 0 Å². The molecule has 1 aliphatic carbocycles. The van der Waals surface area contributed by atoms with Crippen molar-refractivity contribution in [1.29, 1.82) is 0 Å². The number of aryl methyl sites for hydroxylation is 1. The Morgan fingerprint density at radius 1 is 1.41 bits per heavy atom. The Balaban J connectivity index is 2.03. The van der Waals surface area contributed by atoms with Crippen molar-refractivity contribution in [2.24, 2.45) is 12.8 Å². The van der Waals surface area contributed by atoms with Crippen LogP contribution in [0.2, 0.25) is 0 Å². The Morgan fingerprint density at radius 2 is 2.12 bits per heavy atom. The second kappa shape index (κ2) is 4.92. The van der Waals surface area contributed by atoms with Crippen LogP contribution in [0.3, 0.4) is 0 Å². The van der Waals surface area contributed by atoms with E-state index in [0.29, 0.717) is 5.69 Å². The van der Waals surface area contributed by atoms with Gasteiger partial charge in [-0.25, -0.2) is 0 Å². The van der Waals surface area contributed by atoms with Crippen LogP contribution in [0.4, 0.5) is 0 Å². The molecular weight excluding hydrogens is 214 g/mol. The first-order valence-electron chi connectivity index (χ1n) is 6.28. The molecule has 3 N–H and O–H groups in total. The van der Waals surface area contributed by atoms with Crippen LogP contribution in [-0.4, -0.2) is 22.6 Å². The molecule has 1 aromatic rings. The van der Waals surface area contributed by atoms with Crippen LogP contribution >= 0.6 is 0 Å². The second-order valence-electron chi connectivity index (χ2n) is 4.95. The normalized spacial score (nSPS) is 24.6. The molecule has 0 saturated heterocycles. The summed E-state index contributed by atoms with van der Waals surface area (Å²) in [5.41, 5.74) is 7.82. The highest BCUT2D eigenvalue weighted by molar-refractivity contribution is 5.93. The smallest absolute Gasteiger partial charge is 0.268 e. The van der Waals surface area contributed by atoms with Crippen molar-refractivity contribution in [3.63, 3.8) is 0 Å². The minimum absolute atomic E-state index is 0.0112. The SMILES string of the molecule is Cc1ccc(C(=O)NC2CCCCC2N)n1C. The van der Waals surface area contributed by atoms with Gasteiger partial charge >= 0.3 is 0 Å². The molecule has 1 amide bonds. The zero-order valence-corrected chi connectivity index (χ0v) is 10.6. The molecule has 94 valence electrons. The zero-order valence-electron chi connectivity index (χ0n) is 10.6. The molecule has 4 nitrogen and oxygen atoms in total. The topological polar surface area (TPSA) is 60.1 Å². The summed E-state index contributed by atoms with van der Waals surface area (Å²) in [6.07, 6.45) is 4.34. The van der Waals surface area contributed by atoms with Crippen molar-refractivity contribution in [3.05, 3.63) is 23.5 Å². The van der Waals surface area contributed by atoms with E-state index in [1.807, 2.05) is 30.7 Å². The number of nitrogens with one attached hydrogen (secondary N) is 1. The van der Waals surface area contributed by atoms with Gasteiger partial charge in [-0.1, -0.05) is 12.8 Å². The molecule has 17 heavy (non-hydrogen) atoms. The van der Waals surface area contributed by atoms with Gasteiger partial charge in [0.25, 0.3) is 5.91 Å². The quantitative estimate of drug-likeness (QED) is 0.812. The number of amides is 1. The highest BCUT2D eigenvalue weighted by Crippen LogP contribution is 2.17. The van der Waals surface area contributed by atoms with Gasteiger partial charge < -0.3 is 15.6 Å². The summed E-state index contributed by atoms with van der Waals surface area (Å²) < 4.78 is 1.91. The maximum atomic E-state index is 12.1. The highest BCUT2D eigenvalue weighted by atomic mass is 16.2. The first-order chi connectivity index (χ1) is 8.09. The second-order valence-corrected chi connectivity index (χ2v) is 4.95. The predicted molar refractivity (Wildman–Crippen MR) is 67.8 cm³/mol. The average molecular weight is 235 g/mol. The van der Waals surface area contributed by atoms with Crippen molar-refractivity contribution in [2.45, 2.75) is 44.7 Å². The summed E-state index contributed by atoms with van der Waals surface area (Å²) in [4.78, 5) is 12.1. The summed E-state index contributed by atoms with van der Waals surface area (Å²) >= 11 is 0. The van der Waals surface area contributed by atoms with Crippen molar-refractivity contribution in [3.8, 4) is 0 Å². The van der Waals surface area contributed by atoms with Gasteiger partial charge in [0.05, 0.1) is 0 Å². The van der Waals surface area contributed by atoms with Crippen molar-refractivity contribution in [2.75, 3.05) is 0 Å². The maximum absolute atomic E-state index is 12.1. The third-order valence-corrected chi connectivity index (χ3v) is 3.74. The van der Waals surface area contributed by atoms with Crippen LogP contribution in [0.25, 0.3) is 0 Å². The molecule has 0 aromatic carbocycles. The number of hydrogen-bond acceptors (Lipinski definition) is 2. The van der Waals surface area contributed by atoms with Gasteiger partial charge in [-0.2, -0.15) is 0 Å². The standard InChI is InChI=1S/C13H21N3O/c1-9-7-8-12(16(9)2)13(17)15-11-6-4-3-5-10(11)14/h7-8,10-11H,3-6,14H2,1-2H3,(H,15,17). The Hall–Kier alpha value is -1.29. The van der Waals surface area contributed by atoms with Gasteiger partial charge in [0.2, 0.25) is 0 Å². The number of aromatic nitrogens is 1. The molecule has 1 aromatic heterocycles. The number of nitrogens with two attached hydrogens (primary N) is 1. The molecule has 2 rings (SSSR count). The molecule has 0 bridgehead atoms. The Morgan fingerprint density at radius 3 is 2.71 bits per heavy atom. The van der Waals surface area contributed by atoms with Crippen LogP contribution in [-0.2, 0) is 7.05 Å². The van der Waals surface area contributed by atoms with Crippen LogP contribution < -0.4 is 11.1 Å². The fraction of sp³-hybridized carbons (Fsp3) is 0.615. The average Bonchev–Trinajstić information content (AvgIpc) is 2.63. The molecule has 1 fully saturated rings. The van der Waals surface area contributed by atoms with Crippen molar-refractivity contribution < 1.29 is 4.79 Å². The molecule has 2 atom stereocenters. The van der Waals surface area contributed by atoms with Gasteiger partial charge in [-0.15, -0.1) is 0 Å². The summed E-state index contributed by atoms with van der Waals surface area (Å²) in [6, 6.07) is 4.05. The summed E-state index contributed by atoms with van der Waals surface area (Å²) in [7, 11) is 1.91. The summed E-state index contributed by atoms with van der Waals surface area (Å²) in [5.74, 6) is -0.0112. The molecule has 0 spiro atoms. The van der Waals surface area contributed by atoms with E-state index in [1.165, 1.54) is 6.42 Å². The van der Waals surface area contributed by atoms with Crippen molar-refractivity contribution in [1.82, 2.24) is 9.88 Å². The van der Waals surface area contributed by atoms with Crippen molar-refractivity contribution >= 4 is 5.91 Å². The third kappa shape index (κ3) is 2.52. The van der Waals surface area contributed by atoms with E-state index in [4.69, 9.17) is 5.73 Å². The number of carbonyl (C=O) groups excluding carboxylic acids is 1. The highest BCUT2D eigenvalue weighted by Gasteiger charge is 2.24. The molecular formula is C13H21N3O. The number of nitrogens with zero attached hydrogens (tertiary/aromatic N) is 1. The van der Waals surface area contributed by atoms with Crippen LogP contribution in [0.15, 0.2) is 12.1 Å². The van der Waals surface area contributed by atoms with E-state index >= 15 is 0 Å². The molecule has 0 radical (unpaired) electrons. The lowest BCUT2D eigenvalue weighted by Gasteiger charge is -2.29. The van der Waals surface area contributed by atoms with Gasteiger partial charge in [-0.3, -0.25) is 4.79 Å². The van der Waals surface area contributed by atoms with E-state index in [0.717, 1.165) is 25.0 Å². The van der Waals surface area contributed by atoms with Crippen LogP contribution in [0, 0.1) is 6.92 Å². The van der Waals surface area contributed by atoms with E-state index in [9.17, 15) is 4.79 Å². The summed E-state index contributed by atoms with van der Waals surface area (Å²) in [5, 5.41) is 3.05. The number of rotatable bonds is 2. The lowest BCUT2D eigenvalue weighted by Crippen LogP contribution is -2.49. The van der Waals surface area contributed by atoms with E-state index in [1.54, 1.807) is 0 Å². The number of hydrogen-bond donors (Lipinski definition) is 2. The fourth-order valence-corrected chi connectivity index (χ4v) is 2.42. The lowest BCUT2D eigenvalue weighted by atomic mass is 9.91. The fourth-order valence-electron chi connectivity index (χ4n) is 2.42. The first kappa shape index (κ1) is 12.2. The molecule has 1 saturated carbocycles. The first-order valence-corrected chi connectivity index (χ1v) is 6.28. The Bertz CT molecular complexity index is 411. The maximum Gasteiger partial charge on any atom is 0.268 e. The van der Waals surface area contributed by atoms with Crippen LogP contribution in [0.5, 0.6) is 0 Å². The zero-order chi connectivity index (χ0) is 12.4. The van der Waals surface area contributed by atoms with E-state index < -0.39 is 0 Å². The Kier molecular flexibility index (Phi) is 3.52. The monoisotopic (exact) mass is 235 g/mol. The lowest BCUT2D eigenvalue weighted by molar-refractivity contribution is 0.0913. The minimum Gasteiger partial charge on any atom is -0.346 e. The van der Waals surface area contributed by atoms with Gasteiger partial charge in [-0.05, 0) is 31.9 Å². The summed E-state index contributed by atoms with van der Waals surface area (Å²) in [6.45, 7) is 1.99. The molecule has 1 aliphatic rings. The molecule has 0 aliphatic heterocycles. The minimum atomic E-state index is -0.0112. The predicted octanol–water partition coefficient (Wildman–Crippen LogP) is 1.33. The van der Waals surface area contributed by atoms with Crippen LogP contribution in [0.1, 0.15) is 41.9 Å². The van der Waals surface area contributed by atoms with Gasteiger partial charge in [0, 0.05) is 24.8 Å². The van der Waals surface area contributed by atoms with Gasteiger partial charge in [0.1, 0.15) is 5.69 Å². The third-order valence-electron chi connectivity index (χ3n) is 3.74. The van der Waals surface area contributed by atoms with E-state index in [2.05, 4.69) is 5.32 Å². The molecule has 1 heterocycles.